The lowest BCUT2D eigenvalue weighted by molar-refractivity contribution is 0.0849. The van der Waals surface area contributed by atoms with Crippen LogP contribution in [0, 0.1) is 11.3 Å². The van der Waals surface area contributed by atoms with Crippen LogP contribution in [0.5, 0.6) is 5.75 Å². The van der Waals surface area contributed by atoms with E-state index in [-0.39, 0.29) is 5.91 Å². The maximum atomic E-state index is 12.9. The standard InChI is InChI=1S/C20H19N3O2S/c1-2-25-18-10-8-17(9-11-18)22-20-23(12-3-13-26-20)19(24)16-6-4-15(14-21)5-7-16/h4-11H,2-3,12-13H2,1H3. The predicted molar refractivity (Wildman–Crippen MR) is 104 cm³/mol. The zero-order valence-electron chi connectivity index (χ0n) is 14.5. The lowest BCUT2D eigenvalue weighted by atomic mass is 10.1. The average Bonchev–Trinajstić information content (AvgIpc) is 2.70. The van der Waals surface area contributed by atoms with Gasteiger partial charge in [-0.05, 0) is 61.9 Å². The van der Waals surface area contributed by atoms with Crippen LogP contribution in [0.3, 0.4) is 0 Å². The number of rotatable bonds is 4. The van der Waals surface area contributed by atoms with E-state index >= 15 is 0 Å². The summed E-state index contributed by atoms with van der Waals surface area (Å²) in [4.78, 5) is 19.2. The van der Waals surface area contributed by atoms with Crippen LogP contribution >= 0.6 is 11.8 Å². The molecule has 0 bridgehead atoms. The van der Waals surface area contributed by atoms with E-state index in [4.69, 9.17) is 10.00 Å². The van der Waals surface area contributed by atoms with E-state index in [0.29, 0.717) is 29.4 Å². The van der Waals surface area contributed by atoms with Crippen LogP contribution in [0.4, 0.5) is 5.69 Å². The highest BCUT2D eigenvalue weighted by Gasteiger charge is 2.24. The zero-order valence-corrected chi connectivity index (χ0v) is 15.3. The number of benzene rings is 2. The van der Waals surface area contributed by atoms with Crippen molar-refractivity contribution in [2.45, 2.75) is 13.3 Å². The van der Waals surface area contributed by atoms with E-state index < -0.39 is 0 Å². The van der Waals surface area contributed by atoms with Crippen LogP contribution in [0.15, 0.2) is 53.5 Å². The van der Waals surface area contributed by atoms with E-state index in [1.165, 1.54) is 0 Å². The fourth-order valence-corrected chi connectivity index (χ4v) is 3.53. The largest absolute Gasteiger partial charge is 0.494 e. The van der Waals surface area contributed by atoms with Gasteiger partial charge in [0, 0.05) is 17.9 Å². The lowest BCUT2D eigenvalue weighted by Crippen LogP contribution is -2.39. The molecule has 6 heteroatoms. The van der Waals surface area contributed by atoms with Crippen molar-refractivity contribution < 1.29 is 9.53 Å². The fraction of sp³-hybridized carbons (Fsp3) is 0.250. The molecule has 0 saturated carbocycles. The fourth-order valence-electron chi connectivity index (χ4n) is 2.58. The second-order valence-corrected chi connectivity index (χ2v) is 6.73. The summed E-state index contributed by atoms with van der Waals surface area (Å²) in [6, 6.07) is 16.3. The predicted octanol–water partition coefficient (Wildman–Crippen LogP) is 4.22. The van der Waals surface area contributed by atoms with Crippen LogP contribution in [0.25, 0.3) is 0 Å². The third kappa shape index (κ3) is 4.24. The summed E-state index contributed by atoms with van der Waals surface area (Å²) in [5.74, 6) is 1.65. The van der Waals surface area contributed by atoms with Gasteiger partial charge in [0.1, 0.15) is 5.75 Å². The third-order valence-corrected chi connectivity index (χ3v) is 4.93. The number of hydrogen-bond donors (Lipinski definition) is 0. The molecule has 2 aromatic carbocycles. The molecule has 0 atom stereocenters. The first-order chi connectivity index (χ1) is 12.7. The first-order valence-electron chi connectivity index (χ1n) is 8.47. The second kappa shape index (κ2) is 8.54. The summed E-state index contributed by atoms with van der Waals surface area (Å²) >= 11 is 1.58. The molecule has 3 rings (SSSR count). The Morgan fingerprint density at radius 3 is 2.62 bits per heavy atom. The number of amides is 1. The molecular weight excluding hydrogens is 346 g/mol. The first kappa shape index (κ1) is 18.0. The minimum Gasteiger partial charge on any atom is -0.494 e. The van der Waals surface area contributed by atoms with Gasteiger partial charge >= 0.3 is 0 Å². The number of amidine groups is 1. The van der Waals surface area contributed by atoms with Crippen LogP contribution < -0.4 is 4.74 Å². The first-order valence-corrected chi connectivity index (χ1v) is 9.46. The van der Waals surface area contributed by atoms with Gasteiger partial charge in [-0.2, -0.15) is 5.26 Å². The topological polar surface area (TPSA) is 65.7 Å². The maximum Gasteiger partial charge on any atom is 0.259 e. The minimum absolute atomic E-state index is 0.0913. The summed E-state index contributed by atoms with van der Waals surface area (Å²) < 4.78 is 5.45. The van der Waals surface area contributed by atoms with Gasteiger partial charge in [0.15, 0.2) is 5.17 Å². The van der Waals surface area contributed by atoms with Crippen molar-refractivity contribution in [1.29, 1.82) is 5.26 Å². The molecule has 1 amide bonds. The average molecular weight is 365 g/mol. The van der Waals surface area contributed by atoms with Crippen molar-refractivity contribution in [3.63, 3.8) is 0 Å². The smallest absolute Gasteiger partial charge is 0.259 e. The SMILES string of the molecule is CCOc1ccc(N=C2SCCCN2C(=O)c2ccc(C#N)cc2)cc1. The third-order valence-electron chi connectivity index (χ3n) is 3.87. The van der Waals surface area contributed by atoms with E-state index in [1.807, 2.05) is 31.2 Å². The Balaban J connectivity index is 1.82. The zero-order chi connectivity index (χ0) is 18.4. The second-order valence-electron chi connectivity index (χ2n) is 5.67. The van der Waals surface area contributed by atoms with Crippen molar-refractivity contribution >= 4 is 28.5 Å². The Hall–Kier alpha value is -2.78. The summed E-state index contributed by atoms with van der Waals surface area (Å²) in [5.41, 5.74) is 1.89. The number of nitriles is 1. The molecule has 5 nitrogen and oxygen atoms in total. The maximum absolute atomic E-state index is 12.9. The summed E-state index contributed by atoms with van der Waals surface area (Å²) in [5, 5.41) is 9.60. The molecule has 1 aliphatic rings. The quantitative estimate of drug-likeness (QED) is 0.813. The van der Waals surface area contributed by atoms with Gasteiger partial charge in [-0.3, -0.25) is 9.69 Å². The Labute approximate surface area is 157 Å². The van der Waals surface area contributed by atoms with Crippen molar-refractivity contribution in [3.8, 4) is 11.8 Å². The Morgan fingerprint density at radius 1 is 1.23 bits per heavy atom. The Bertz CT molecular complexity index is 839. The molecule has 2 aromatic rings. The van der Waals surface area contributed by atoms with E-state index in [1.54, 1.807) is 40.9 Å². The molecule has 132 valence electrons. The lowest BCUT2D eigenvalue weighted by Gasteiger charge is -2.27. The molecule has 1 saturated heterocycles. The molecular formula is C20H19N3O2S. The number of nitrogens with zero attached hydrogens (tertiary/aromatic N) is 3. The molecule has 0 N–H and O–H groups in total. The van der Waals surface area contributed by atoms with Gasteiger partial charge < -0.3 is 4.74 Å². The van der Waals surface area contributed by atoms with Crippen molar-refractivity contribution in [2.24, 2.45) is 4.99 Å². The van der Waals surface area contributed by atoms with Gasteiger partial charge in [0.2, 0.25) is 0 Å². The van der Waals surface area contributed by atoms with Gasteiger partial charge in [0.25, 0.3) is 5.91 Å². The molecule has 1 fully saturated rings. The van der Waals surface area contributed by atoms with Gasteiger partial charge in [0.05, 0.1) is 23.9 Å². The highest BCUT2D eigenvalue weighted by Crippen LogP contribution is 2.25. The highest BCUT2D eigenvalue weighted by atomic mass is 32.2. The molecule has 0 radical (unpaired) electrons. The summed E-state index contributed by atoms with van der Waals surface area (Å²) in [6.07, 6.45) is 0.926. The number of carbonyl (C=O) groups excluding carboxylic acids is 1. The molecule has 0 aliphatic carbocycles. The number of aliphatic imine (C=N–C) groups is 1. The number of carbonyl (C=O) groups is 1. The summed E-state index contributed by atoms with van der Waals surface area (Å²) in [6.45, 7) is 3.21. The number of ether oxygens (including phenoxy) is 1. The van der Waals surface area contributed by atoms with Gasteiger partial charge in [-0.1, -0.05) is 11.8 Å². The number of hydrogen-bond acceptors (Lipinski definition) is 5. The highest BCUT2D eigenvalue weighted by molar-refractivity contribution is 8.13. The molecule has 0 spiro atoms. The Morgan fingerprint density at radius 2 is 1.96 bits per heavy atom. The van der Waals surface area contributed by atoms with Gasteiger partial charge in [-0.15, -0.1) is 0 Å². The normalized spacial score (nSPS) is 15.5. The van der Waals surface area contributed by atoms with Crippen molar-refractivity contribution in [1.82, 2.24) is 4.90 Å². The molecule has 0 aromatic heterocycles. The van der Waals surface area contributed by atoms with Crippen LogP contribution in [0.1, 0.15) is 29.3 Å². The molecule has 26 heavy (non-hydrogen) atoms. The molecule has 1 aliphatic heterocycles. The van der Waals surface area contributed by atoms with E-state index in [9.17, 15) is 4.79 Å². The van der Waals surface area contributed by atoms with Crippen LogP contribution in [-0.2, 0) is 0 Å². The van der Waals surface area contributed by atoms with Gasteiger partial charge in [-0.25, -0.2) is 4.99 Å². The summed E-state index contributed by atoms with van der Waals surface area (Å²) in [7, 11) is 0. The molecule has 1 heterocycles. The van der Waals surface area contributed by atoms with Crippen molar-refractivity contribution in [2.75, 3.05) is 18.9 Å². The molecule has 0 unspecified atom stereocenters. The van der Waals surface area contributed by atoms with E-state index in [0.717, 1.165) is 23.6 Å². The number of thioether (sulfide) groups is 1. The monoisotopic (exact) mass is 365 g/mol. The Kier molecular flexibility index (Phi) is 5.92. The van der Waals surface area contributed by atoms with Crippen LogP contribution in [-0.4, -0.2) is 34.9 Å². The van der Waals surface area contributed by atoms with Crippen molar-refractivity contribution in [3.05, 3.63) is 59.7 Å². The van der Waals surface area contributed by atoms with Crippen LogP contribution in [0.2, 0.25) is 0 Å². The van der Waals surface area contributed by atoms with E-state index in [2.05, 4.69) is 11.1 Å². The minimum atomic E-state index is -0.0913.